The van der Waals surface area contributed by atoms with E-state index in [1.165, 1.54) is 0 Å². The van der Waals surface area contributed by atoms with E-state index in [9.17, 15) is 0 Å². The summed E-state index contributed by atoms with van der Waals surface area (Å²) in [4.78, 5) is 0. The van der Waals surface area contributed by atoms with Crippen molar-refractivity contribution >= 4 is 0 Å². The summed E-state index contributed by atoms with van der Waals surface area (Å²) < 4.78 is 5.06. The second kappa shape index (κ2) is 6.10. The van der Waals surface area contributed by atoms with E-state index in [1.807, 2.05) is 24.3 Å². The summed E-state index contributed by atoms with van der Waals surface area (Å²) in [5.74, 6) is 6.92. The maximum atomic E-state index is 5.79. The number of methoxy groups -OCH3 is 1. The molecule has 80 valence electrons. The van der Waals surface area contributed by atoms with Gasteiger partial charge in [-0.15, -0.1) is 0 Å². The minimum Gasteiger partial charge on any atom is -0.497 e. The highest BCUT2D eigenvalue weighted by atomic mass is 16.5. The third kappa shape index (κ3) is 4.05. The van der Waals surface area contributed by atoms with Crippen molar-refractivity contribution in [1.82, 2.24) is 0 Å². The molecule has 0 aliphatic carbocycles. The van der Waals surface area contributed by atoms with Gasteiger partial charge in [0.05, 0.1) is 13.2 Å². The molecule has 0 aliphatic rings. The van der Waals surface area contributed by atoms with Gasteiger partial charge in [-0.3, -0.25) is 0 Å². The number of benzene rings is 1. The zero-order valence-electron chi connectivity index (χ0n) is 9.29. The molecule has 0 amide bonds. The predicted molar refractivity (Wildman–Crippen MR) is 62.8 cm³/mol. The molecule has 0 saturated heterocycles. The Morgan fingerprint density at radius 2 is 2.00 bits per heavy atom. The number of rotatable bonds is 3. The van der Waals surface area contributed by atoms with E-state index in [0.29, 0.717) is 0 Å². The SMILES string of the molecule is CCCC(N)C#Cc1ccc(OC)cc1. The van der Waals surface area contributed by atoms with Gasteiger partial charge in [-0.25, -0.2) is 0 Å². The molecule has 1 rings (SSSR count). The van der Waals surface area contributed by atoms with E-state index in [0.717, 1.165) is 24.2 Å². The highest BCUT2D eigenvalue weighted by molar-refractivity contribution is 5.38. The van der Waals surface area contributed by atoms with Gasteiger partial charge in [0.25, 0.3) is 0 Å². The van der Waals surface area contributed by atoms with E-state index in [-0.39, 0.29) is 6.04 Å². The highest BCUT2D eigenvalue weighted by Crippen LogP contribution is 2.10. The van der Waals surface area contributed by atoms with E-state index >= 15 is 0 Å². The fraction of sp³-hybridized carbons (Fsp3) is 0.385. The lowest BCUT2D eigenvalue weighted by Gasteiger charge is -2.00. The summed E-state index contributed by atoms with van der Waals surface area (Å²) in [6, 6.07) is 7.65. The molecule has 1 aromatic rings. The lowest BCUT2D eigenvalue weighted by Crippen LogP contribution is -2.16. The summed E-state index contributed by atoms with van der Waals surface area (Å²) in [6.07, 6.45) is 2.02. The molecule has 0 fully saturated rings. The number of hydrogen-bond donors (Lipinski definition) is 1. The van der Waals surface area contributed by atoms with E-state index in [1.54, 1.807) is 7.11 Å². The van der Waals surface area contributed by atoms with E-state index in [2.05, 4.69) is 18.8 Å². The first-order chi connectivity index (χ1) is 7.26. The van der Waals surface area contributed by atoms with Crippen LogP contribution in [-0.2, 0) is 0 Å². The summed E-state index contributed by atoms with van der Waals surface area (Å²) in [5.41, 5.74) is 6.76. The molecule has 2 N–H and O–H groups in total. The second-order valence-electron chi connectivity index (χ2n) is 3.39. The van der Waals surface area contributed by atoms with Crippen LogP contribution in [-0.4, -0.2) is 13.2 Å². The van der Waals surface area contributed by atoms with Gasteiger partial charge in [-0.1, -0.05) is 25.2 Å². The third-order valence-electron chi connectivity index (χ3n) is 2.09. The zero-order chi connectivity index (χ0) is 11.1. The summed E-state index contributed by atoms with van der Waals surface area (Å²) >= 11 is 0. The molecular formula is C13H17NO. The topological polar surface area (TPSA) is 35.2 Å². The minimum atomic E-state index is -0.0166. The van der Waals surface area contributed by atoms with Gasteiger partial charge >= 0.3 is 0 Å². The first-order valence-corrected chi connectivity index (χ1v) is 5.17. The number of hydrogen-bond acceptors (Lipinski definition) is 2. The van der Waals surface area contributed by atoms with Crippen molar-refractivity contribution < 1.29 is 4.74 Å². The average Bonchev–Trinajstić information content (AvgIpc) is 2.27. The van der Waals surface area contributed by atoms with Crippen LogP contribution in [0.15, 0.2) is 24.3 Å². The van der Waals surface area contributed by atoms with Crippen molar-refractivity contribution in [2.75, 3.05) is 7.11 Å². The fourth-order valence-electron chi connectivity index (χ4n) is 1.23. The van der Waals surface area contributed by atoms with Crippen LogP contribution in [0.2, 0.25) is 0 Å². The van der Waals surface area contributed by atoms with Gasteiger partial charge in [-0.2, -0.15) is 0 Å². The van der Waals surface area contributed by atoms with Crippen LogP contribution in [0.4, 0.5) is 0 Å². The lowest BCUT2D eigenvalue weighted by molar-refractivity contribution is 0.415. The van der Waals surface area contributed by atoms with Gasteiger partial charge in [0.1, 0.15) is 5.75 Å². The average molecular weight is 203 g/mol. The molecule has 0 aromatic heterocycles. The molecule has 0 radical (unpaired) electrons. The third-order valence-corrected chi connectivity index (χ3v) is 2.09. The van der Waals surface area contributed by atoms with Gasteiger partial charge in [0, 0.05) is 5.56 Å². The maximum absolute atomic E-state index is 5.79. The number of nitrogens with two attached hydrogens (primary N) is 1. The van der Waals surface area contributed by atoms with Crippen molar-refractivity contribution in [3.8, 4) is 17.6 Å². The first kappa shape index (κ1) is 11.6. The summed E-state index contributed by atoms with van der Waals surface area (Å²) in [6.45, 7) is 2.11. The molecule has 15 heavy (non-hydrogen) atoms. The van der Waals surface area contributed by atoms with Crippen LogP contribution in [0.25, 0.3) is 0 Å². The van der Waals surface area contributed by atoms with E-state index in [4.69, 9.17) is 10.5 Å². The summed E-state index contributed by atoms with van der Waals surface area (Å²) in [7, 11) is 1.65. The molecule has 2 nitrogen and oxygen atoms in total. The normalized spacial score (nSPS) is 11.4. The molecule has 0 bridgehead atoms. The Hall–Kier alpha value is -1.46. The standard InChI is InChI=1S/C13H17NO/c1-3-4-12(14)8-5-11-6-9-13(15-2)10-7-11/h6-7,9-10,12H,3-4,14H2,1-2H3. The molecule has 0 aliphatic heterocycles. The molecular weight excluding hydrogens is 186 g/mol. The summed E-state index contributed by atoms with van der Waals surface area (Å²) in [5, 5.41) is 0. The molecule has 0 spiro atoms. The van der Waals surface area contributed by atoms with Gasteiger partial charge in [0.15, 0.2) is 0 Å². The van der Waals surface area contributed by atoms with Crippen LogP contribution in [0.5, 0.6) is 5.75 Å². The molecule has 2 heteroatoms. The van der Waals surface area contributed by atoms with Crippen molar-refractivity contribution in [2.24, 2.45) is 5.73 Å². The Balaban J connectivity index is 2.63. The maximum Gasteiger partial charge on any atom is 0.118 e. The van der Waals surface area contributed by atoms with E-state index < -0.39 is 0 Å². The smallest absolute Gasteiger partial charge is 0.118 e. The minimum absolute atomic E-state index is 0.0166. The Bertz CT molecular complexity index is 345. The largest absolute Gasteiger partial charge is 0.497 e. The monoisotopic (exact) mass is 203 g/mol. The van der Waals surface area contributed by atoms with Crippen molar-refractivity contribution in [3.05, 3.63) is 29.8 Å². The Morgan fingerprint density at radius 3 is 2.53 bits per heavy atom. The zero-order valence-corrected chi connectivity index (χ0v) is 9.29. The Labute approximate surface area is 91.4 Å². The molecule has 1 aromatic carbocycles. The second-order valence-corrected chi connectivity index (χ2v) is 3.39. The Kier molecular flexibility index (Phi) is 4.73. The van der Waals surface area contributed by atoms with Crippen molar-refractivity contribution in [2.45, 2.75) is 25.8 Å². The molecule has 0 heterocycles. The van der Waals surface area contributed by atoms with Crippen LogP contribution in [0.1, 0.15) is 25.3 Å². The van der Waals surface area contributed by atoms with Crippen LogP contribution in [0.3, 0.4) is 0 Å². The van der Waals surface area contributed by atoms with Gasteiger partial charge in [0.2, 0.25) is 0 Å². The fourth-order valence-corrected chi connectivity index (χ4v) is 1.23. The quantitative estimate of drug-likeness (QED) is 0.764. The van der Waals surface area contributed by atoms with Crippen molar-refractivity contribution in [3.63, 3.8) is 0 Å². The number of ether oxygens (including phenoxy) is 1. The van der Waals surface area contributed by atoms with Crippen LogP contribution < -0.4 is 10.5 Å². The van der Waals surface area contributed by atoms with Gasteiger partial charge < -0.3 is 10.5 Å². The van der Waals surface area contributed by atoms with Gasteiger partial charge in [-0.05, 0) is 30.7 Å². The molecule has 1 unspecified atom stereocenters. The first-order valence-electron chi connectivity index (χ1n) is 5.17. The lowest BCUT2D eigenvalue weighted by atomic mass is 10.1. The highest BCUT2D eigenvalue weighted by Gasteiger charge is 1.94. The molecule has 1 atom stereocenters. The van der Waals surface area contributed by atoms with Crippen molar-refractivity contribution in [1.29, 1.82) is 0 Å². The van der Waals surface area contributed by atoms with Crippen LogP contribution in [0, 0.1) is 11.8 Å². The molecule has 0 saturated carbocycles. The predicted octanol–water partition coefficient (Wildman–Crippen LogP) is 2.17. The van der Waals surface area contributed by atoms with Crippen LogP contribution >= 0.6 is 0 Å². The Morgan fingerprint density at radius 1 is 1.33 bits per heavy atom.